The quantitative estimate of drug-likeness (QED) is 0.761. The fourth-order valence-electron chi connectivity index (χ4n) is 1.18. The zero-order valence-corrected chi connectivity index (χ0v) is 9.24. The van der Waals surface area contributed by atoms with Crippen molar-refractivity contribution in [3.05, 3.63) is 17.9 Å². The van der Waals surface area contributed by atoms with Crippen LogP contribution in [0.15, 0.2) is 16.5 Å². The molecule has 0 aliphatic heterocycles. The predicted molar refractivity (Wildman–Crippen MR) is 56.8 cm³/mol. The highest BCUT2D eigenvalue weighted by Gasteiger charge is 2.13. The van der Waals surface area contributed by atoms with Gasteiger partial charge < -0.3 is 9.21 Å². The minimum Gasteiger partial charge on any atom is -0.445 e. The lowest BCUT2D eigenvalue weighted by molar-refractivity contribution is -0.122. The fraction of sp³-hybridized carbons (Fsp3) is 0.455. The van der Waals surface area contributed by atoms with Crippen molar-refractivity contribution in [3.63, 3.8) is 0 Å². The van der Waals surface area contributed by atoms with Gasteiger partial charge in [-0.3, -0.25) is 9.69 Å². The molecule has 0 aromatic carbocycles. The molecule has 0 spiro atoms. The molecule has 1 heterocycles. The van der Waals surface area contributed by atoms with Crippen molar-refractivity contribution < 1.29 is 14.0 Å². The molecule has 4 nitrogen and oxygen atoms in total. The molecule has 0 fully saturated rings. The number of hydrogen-bond acceptors (Lipinski definition) is 3. The first-order valence-electron chi connectivity index (χ1n) is 4.83. The molecule has 0 unspecified atom stereocenters. The molecule has 82 valence electrons. The zero-order valence-electron chi connectivity index (χ0n) is 9.24. The summed E-state index contributed by atoms with van der Waals surface area (Å²) in [6, 6.07) is 3.53. The number of aryl methyl sites for hydroxylation is 1. The molecule has 1 rings (SSSR count). The molecule has 0 saturated carbocycles. The smallest absolute Gasteiger partial charge is 0.229 e. The van der Waals surface area contributed by atoms with E-state index in [9.17, 15) is 9.59 Å². The van der Waals surface area contributed by atoms with Gasteiger partial charge in [-0.15, -0.1) is 0 Å². The van der Waals surface area contributed by atoms with Crippen molar-refractivity contribution in [2.24, 2.45) is 0 Å². The third-order valence-electron chi connectivity index (χ3n) is 2.12. The van der Waals surface area contributed by atoms with Crippen LogP contribution in [0.5, 0.6) is 0 Å². The minimum atomic E-state index is -0.112. The van der Waals surface area contributed by atoms with Gasteiger partial charge in [0.05, 0.1) is 0 Å². The molecule has 15 heavy (non-hydrogen) atoms. The Bertz CT molecular complexity index is 368. The molecule has 4 heteroatoms. The third kappa shape index (κ3) is 3.23. The van der Waals surface area contributed by atoms with Gasteiger partial charge in [-0.05, 0) is 19.9 Å². The van der Waals surface area contributed by atoms with Gasteiger partial charge in [0.15, 0.2) is 0 Å². The van der Waals surface area contributed by atoms with Crippen LogP contribution in [0.2, 0.25) is 0 Å². The Balaban J connectivity index is 2.56. The van der Waals surface area contributed by atoms with Gasteiger partial charge in [-0.1, -0.05) is 0 Å². The van der Waals surface area contributed by atoms with E-state index in [1.807, 2.05) is 6.92 Å². The molecular formula is C11H15NO3. The number of hydrogen-bond donors (Lipinski definition) is 0. The molecule has 1 aromatic rings. The Hall–Kier alpha value is -1.58. The van der Waals surface area contributed by atoms with E-state index in [4.69, 9.17) is 4.42 Å². The number of anilines is 1. The number of Topliss-reactive ketones (excluding diaryl/α,β-unsaturated/α-hetero) is 1. The van der Waals surface area contributed by atoms with Gasteiger partial charge in [-0.2, -0.15) is 0 Å². The van der Waals surface area contributed by atoms with Crippen LogP contribution < -0.4 is 4.90 Å². The summed E-state index contributed by atoms with van der Waals surface area (Å²) >= 11 is 0. The van der Waals surface area contributed by atoms with Crippen LogP contribution in [0, 0.1) is 6.92 Å². The van der Waals surface area contributed by atoms with E-state index < -0.39 is 0 Å². The lowest BCUT2D eigenvalue weighted by atomic mass is 10.2. The molecular weight excluding hydrogens is 194 g/mol. The Morgan fingerprint density at radius 1 is 1.33 bits per heavy atom. The average molecular weight is 209 g/mol. The second kappa shape index (κ2) is 4.77. The number of amides is 1. The lowest BCUT2D eigenvalue weighted by Crippen LogP contribution is -2.25. The van der Waals surface area contributed by atoms with E-state index in [0.29, 0.717) is 5.88 Å². The SMILES string of the molecule is CC(=O)CCC(=O)N(C)c1ccc(C)o1. The van der Waals surface area contributed by atoms with Crippen molar-refractivity contribution in [1.82, 2.24) is 0 Å². The van der Waals surface area contributed by atoms with Crippen LogP contribution in [-0.2, 0) is 9.59 Å². The first kappa shape index (κ1) is 11.5. The van der Waals surface area contributed by atoms with Crippen LogP contribution in [0.1, 0.15) is 25.5 Å². The molecule has 0 atom stereocenters. The van der Waals surface area contributed by atoms with Crippen LogP contribution >= 0.6 is 0 Å². The van der Waals surface area contributed by atoms with Gasteiger partial charge in [0.25, 0.3) is 0 Å². The first-order valence-corrected chi connectivity index (χ1v) is 4.83. The lowest BCUT2D eigenvalue weighted by Gasteiger charge is -2.13. The standard InChI is InChI=1S/C11H15NO3/c1-8(13)4-6-10(14)12(3)11-7-5-9(2)15-11/h5,7H,4,6H2,1-3H3. The van der Waals surface area contributed by atoms with Crippen LogP contribution in [0.25, 0.3) is 0 Å². The number of nitrogens with zero attached hydrogens (tertiary/aromatic N) is 1. The first-order chi connectivity index (χ1) is 7.00. The van der Waals surface area contributed by atoms with Gasteiger partial charge in [0.2, 0.25) is 11.8 Å². The van der Waals surface area contributed by atoms with Gasteiger partial charge >= 0.3 is 0 Å². The summed E-state index contributed by atoms with van der Waals surface area (Å²) in [4.78, 5) is 23.7. The van der Waals surface area contributed by atoms with Crippen molar-refractivity contribution >= 4 is 17.6 Å². The van der Waals surface area contributed by atoms with E-state index >= 15 is 0 Å². The minimum absolute atomic E-state index is 0.0207. The summed E-state index contributed by atoms with van der Waals surface area (Å²) in [5.41, 5.74) is 0. The summed E-state index contributed by atoms with van der Waals surface area (Å²) < 4.78 is 5.29. The molecule has 1 amide bonds. The number of rotatable bonds is 4. The Morgan fingerprint density at radius 3 is 2.47 bits per heavy atom. The predicted octanol–water partition coefficient (Wildman–Crippen LogP) is 1.92. The van der Waals surface area contributed by atoms with Gasteiger partial charge in [-0.25, -0.2) is 0 Å². The number of carbonyl (C=O) groups excluding carboxylic acids is 2. The van der Waals surface area contributed by atoms with Crippen molar-refractivity contribution in [1.29, 1.82) is 0 Å². The molecule has 0 bridgehead atoms. The highest BCUT2D eigenvalue weighted by molar-refractivity contribution is 5.93. The maximum atomic E-state index is 11.6. The van der Waals surface area contributed by atoms with Crippen LogP contribution in [0.4, 0.5) is 5.88 Å². The second-order valence-corrected chi connectivity index (χ2v) is 3.54. The largest absolute Gasteiger partial charge is 0.445 e. The fourth-order valence-corrected chi connectivity index (χ4v) is 1.18. The summed E-state index contributed by atoms with van der Waals surface area (Å²) in [6.45, 7) is 3.29. The average Bonchev–Trinajstić information content (AvgIpc) is 2.60. The van der Waals surface area contributed by atoms with E-state index in [2.05, 4.69) is 0 Å². The van der Waals surface area contributed by atoms with E-state index in [-0.39, 0.29) is 24.5 Å². The Morgan fingerprint density at radius 2 is 2.00 bits per heavy atom. The summed E-state index contributed by atoms with van der Waals surface area (Å²) in [5, 5.41) is 0. The van der Waals surface area contributed by atoms with E-state index in [0.717, 1.165) is 5.76 Å². The monoisotopic (exact) mass is 209 g/mol. The number of ketones is 1. The number of carbonyl (C=O) groups is 2. The summed E-state index contributed by atoms with van der Waals surface area (Å²) in [6.07, 6.45) is 0.508. The van der Waals surface area contributed by atoms with Crippen molar-refractivity contribution in [3.8, 4) is 0 Å². The van der Waals surface area contributed by atoms with Crippen molar-refractivity contribution in [2.45, 2.75) is 26.7 Å². The molecule has 1 aromatic heterocycles. The van der Waals surface area contributed by atoms with Crippen molar-refractivity contribution in [2.75, 3.05) is 11.9 Å². The Kier molecular flexibility index (Phi) is 3.66. The third-order valence-corrected chi connectivity index (χ3v) is 2.12. The van der Waals surface area contributed by atoms with Crippen LogP contribution in [-0.4, -0.2) is 18.7 Å². The highest BCUT2D eigenvalue weighted by atomic mass is 16.4. The maximum absolute atomic E-state index is 11.6. The zero-order chi connectivity index (χ0) is 11.4. The summed E-state index contributed by atoms with van der Waals surface area (Å²) in [7, 11) is 1.64. The topological polar surface area (TPSA) is 50.5 Å². The molecule has 0 aliphatic rings. The number of furan rings is 1. The Labute approximate surface area is 88.9 Å². The molecule has 0 radical (unpaired) electrons. The molecule has 0 aliphatic carbocycles. The van der Waals surface area contributed by atoms with Crippen LogP contribution in [0.3, 0.4) is 0 Å². The van der Waals surface area contributed by atoms with Gasteiger partial charge in [0, 0.05) is 26.0 Å². The second-order valence-electron chi connectivity index (χ2n) is 3.54. The van der Waals surface area contributed by atoms with E-state index in [1.54, 1.807) is 19.2 Å². The molecule has 0 saturated heterocycles. The highest BCUT2D eigenvalue weighted by Crippen LogP contribution is 2.17. The maximum Gasteiger partial charge on any atom is 0.229 e. The van der Waals surface area contributed by atoms with E-state index in [1.165, 1.54) is 11.8 Å². The molecule has 0 N–H and O–H groups in total. The van der Waals surface area contributed by atoms with Gasteiger partial charge in [0.1, 0.15) is 11.5 Å². The normalized spacial score (nSPS) is 10.1. The summed E-state index contributed by atoms with van der Waals surface area (Å²) in [5.74, 6) is 1.18.